The molecule has 1 aliphatic rings. The van der Waals surface area contributed by atoms with Crippen LogP contribution in [0.1, 0.15) is 45.7 Å². The van der Waals surface area contributed by atoms with Crippen LogP contribution in [-0.2, 0) is 13.1 Å². The van der Waals surface area contributed by atoms with Crippen LogP contribution in [0.25, 0.3) is 0 Å². The Kier molecular flexibility index (Phi) is 4.30. The highest BCUT2D eigenvalue weighted by atomic mass is 16.5. The molecule has 0 radical (unpaired) electrons. The zero-order chi connectivity index (χ0) is 18.1. The van der Waals surface area contributed by atoms with Crippen molar-refractivity contribution >= 4 is 5.91 Å². The first kappa shape index (κ1) is 16.5. The predicted molar refractivity (Wildman–Crippen MR) is 93.3 cm³/mol. The molecule has 1 aromatic carbocycles. The molecule has 1 unspecified atom stereocenters. The fraction of sp³-hybridized carbons (Fsp3) is 0.316. The summed E-state index contributed by atoms with van der Waals surface area (Å²) in [6.45, 7) is 3.53. The number of carbonyl (C=O) groups excluding carboxylic acids is 1. The fourth-order valence-electron chi connectivity index (χ4n) is 3.23. The van der Waals surface area contributed by atoms with Gasteiger partial charge in [-0.3, -0.25) is 9.48 Å². The molecule has 2 aromatic heterocycles. The van der Waals surface area contributed by atoms with Crippen molar-refractivity contribution < 1.29 is 14.4 Å². The summed E-state index contributed by atoms with van der Waals surface area (Å²) < 4.78 is 6.89. The second kappa shape index (κ2) is 6.76. The summed E-state index contributed by atoms with van der Waals surface area (Å²) in [6, 6.07) is 13.0. The van der Waals surface area contributed by atoms with Crippen LogP contribution in [0.15, 0.2) is 47.0 Å². The van der Waals surface area contributed by atoms with E-state index in [2.05, 4.69) is 10.3 Å². The van der Waals surface area contributed by atoms with Gasteiger partial charge in [-0.15, -0.1) is 0 Å². The second-order valence-electron chi connectivity index (χ2n) is 6.50. The Morgan fingerprint density at radius 3 is 2.77 bits per heavy atom. The third-order valence-electron chi connectivity index (χ3n) is 4.56. The Morgan fingerprint density at radius 2 is 2.04 bits per heavy atom. The van der Waals surface area contributed by atoms with Gasteiger partial charge in [0.15, 0.2) is 5.69 Å². The van der Waals surface area contributed by atoms with E-state index in [0.29, 0.717) is 36.8 Å². The first-order valence-corrected chi connectivity index (χ1v) is 8.64. The van der Waals surface area contributed by atoms with Gasteiger partial charge in [0.05, 0.1) is 17.9 Å². The van der Waals surface area contributed by atoms with E-state index in [0.717, 1.165) is 17.7 Å². The standard InChI is InChI=1S/C19H20N4O3/c1-13-10-17(21-26-13)19(25)22-8-5-9-23-15(12-22)11-16(20-23)18(24)14-6-3-2-4-7-14/h2-4,6-7,10-11,18,24H,5,8-9,12H2,1H3. The SMILES string of the molecule is Cc1cc(C(=O)N2CCCn3nc(C(O)c4ccccc4)cc3C2)no1. The third-order valence-corrected chi connectivity index (χ3v) is 4.56. The van der Waals surface area contributed by atoms with Gasteiger partial charge in [0.2, 0.25) is 0 Å². The van der Waals surface area contributed by atoms with Crippen molar-refractivity contribution in [1.29, 1.82) is 0 Å². The van der Waals surface area contributed by atoms with Crippen molar-refractivity contribution in [3.63, 3.8) is 0 Å². The fourth-order valence-corrected chi connectivity index (χ4v) is 3.23. The van der Waals surface area contributed by atoms with Gasteiger partial charge in [-0.1, -0.05) is 35.5 Å². The van der Waals surface area contributed by atoms with E-state index in [1.54, 1.807) is 17.9 Å². The van der Waals surface area contributed by atoms with Gasteiger partial charge in [0, 0.05) is 19.2 Å². The third kappa shape index (κ3) is 3.13. The number of aryl methyl sites for hydroxylation is 2. The largest absolute Gasteiger partial charge is 0.382 e. The van der Waals surface area contributed by atoms with Crippen molar-refractivity contribution in [2.24, 2.45) is 0 Å². The van der Waals surface area contributed by atoms with Crippen molar-refractivity contribution in [1.82, 2.24) is 19.8 Å². The van der Waals surface area contributed by atoms with Gasteiger partial charge in [-0.25, -0.2) is 0 Å². The van der Waals surface area contributed by atoms with E-state index in [-0.39, 0.29) is 5.91 Å². The number of rotatable bonds is 3. The molecule has 0 saturated heterocycles. The molecule has 1 amide bonds. The van der Waals surface area contributed by atoms with Gasteiger partial charge in [0.1, 0.15) is 11.9 Å². The summed E-state index contributed by atoms with van der Waals surface area (Å²) >= 11 is 0. The molecule has 134 valence electrons. The number of aromatic nitrogens is 3. The number of hydrogen-bond donors (Lipinski definition) is 1. The Hall–Kier alpha value is -2.93. The highest BCUT2D eigenvalue weighted by Crippen LogP contribution is 2.24. The minimum atomic E-state index is -0.780. The zero-order valence-corrected chi connectivity index (χ0v) is 14.5. The normalized spacial score (nSPS) is 15.4. The predicted octanol–water partition coefficient (Wildman–Crippen LogP) is 2.31. The minimum absolute atomic E-state index is 0.151. The Morgan fingerprint density at radius 1 is 1.23 bits per heavy atom. The Bertz CT molecular complexity index is 916. The quantitative estimate of drug-likeness (QED) is 0.782. The molecule has 0 bridgehead atoms. The summed E-state index contributed by atoms with van der Waals surface area (Å²) in [5.41, 5.74) is 2.62. The first-order valence-electron chi connectivity index (χ1n) is 8.64. The number of aliphatic hydroxyl groups is 1. The monoisotopic (exact) mass is 352 g/mol. The molecule has 0 spiro atoms. The number of fused-ring (bicyclic) bond motifs is 1. The molecule has 0 fully saturated rings. The van der Waals surface area contributed by atoms with Crippen molar-refractivity contribution in [3.05, 3.63) is 70.9 Å². The molecule has 1 N–H and O–H groups in total. The van der Waals surface area contributed by atoms with Crippen LogP contribution in [0.2, 0.25) is 0 Å². The Balaban J connectivity index is 1.57. The highest BCUT2D eigenvalue weighted by molar-refractivity contribution is 5.92. The molecule has 1 atom stereocenters. The van der Waals surface area contributed by atoms with Crippen LogP contribution in [0.3, 0.4) is 0 Å². The van der Waals surface area contributed by atoms with Gasteiger partial charge >= 0.3 is 0 Å². The smallest absolute Gasteiger partial charge is 0.276 e. The first-order chi connectivity index (χ1) is 12.6. The highest BCUT2D eigenvalue weighted by Gasteiger charge is 2.25. The van der Waals surface area contributed by atoms with Crippen molar-refractivity contribution in [2.75, 3.05) is 6.54 Å². The van der Waals surface area contributed by atoms with Crippen LogP contribution in [0.4, 0.5) is 0 Å². The van der Waals surface area contributed by atoms with E-state index in [1.165, 1.54) is 0 Å². The molecule has 4 rings (SSSR count). The van der Waals surface area contributed by atoms with Gasteiger partial charge in [0.25, 0.3) is 5.91 Å². The maximum absolute atomic E-state index is 12.7. The van der Waals surface area contributed by atoms with Gasteiger partial charge in [-0.05, 0) is 25.0 Å². The lowest BCUT2D eigenvalue weighted by atomic mass is 10.1. The second-order valence-corrected chi connectivity index (χ2v) is 6.50. The summed E-state index contributed by atoms with van der Waals surface area (Å²) in [4.78, 5) is 14.4. The lowest BCUT2D eigenvalue weighted by Crippen LogP contribution is -2.30. The van der Waals surface area contributed by atoms with E-state index in [4.69, 9.17) is 4.52 Å². The number of benzene rings is 1. The van der Waals surface area contributed by atoms with Crippen LogP contribution >= 0.6 is 0 Å². The molecule has 3 heterocycles. The molecule has 26 heavy (non-hydrogen) atoms. The van der Waals surface area contributed by atoms with E-state index < -0.39 is 6.10 Å². The molecule has 0 aliphatic carbocycles. The molecule has 7 nitrogen and oxygen atoms in total. The average Bonchev–Trinajstić information content (AvgIpc) is 3.22. The topological polar surface area (TPSA) is 84.4 Å². The Labute approximate surface area is 150 Å². The molecular weight excluding hydrogens is 332 g/mol. The van der Waals surface area contributed by atoms with Crippen LogP contribution in [0, 0.1) is 6.92 Å². The maximum Gasteiger partial charge on any atom is 0.276 e. The van der Waals surface area contributed by atoms with Crippen LogP contribution in [-0.4, -0.2) is 37.4 Å². The van der Waals surface area contributed by atoms with E-state index >= 15 is 0 Å². The van der Waals surface area contributed by atoms with Crippen LogP contribution in [0.5, 0.6) is 0 Å². The molecular formula is C19H20N4O3. The number of aliphatic hydroxyl groups excluding tert-OH is 1. The van der Waals surface area contributed by atoms with E-state index in [1.807, 2.05) is 41.1 Å². The van der Waals surface area contributed by atoms with Crippen molar-refractivity contribution in [2.45, 2.75) is 32.5 Å². The molecule has 0 saturated carbocycles. The molecule has 1 aliphatic heterocycles. The molecule has 3 aromatic rings. The minimum Gasteiger partial charge on any atom is -0.382 e. The maximum atomic E-state index is 12.7. The summed E-state index contributed by atoms with van der Waals surface area (Å²) in [5, 5.41) is 19.0. The summed E-state index contributed by atoms with van der Waals surface area (Å²) in [6.07, 6.45) is 0.0101. The summed E-state index contributed by atoms with van der Waals surface area (Å²) in [7, 11) is 0. The van der Waals surface area contributed by atoms with Crippen molar-refractivity contribution in [3.8, 4) is 0 Å². The van der Waals surface area contributed by atoms with Gasteiger partial charge < -0.3 is 14.5 Å². The van der Waals surface area contributed by atoms with Crippen LogP contribution < -0.4 is 0 Å². The molecule has 7 heteroatoms. The lowest BCUT2D eigenvalue weighted by Gasteiger charge is -2.18. The number of amides is 1. The zero-order valence-electron chi connectivity index (χ0n) is 14.5. The lowest BCUT2D eigenvalue weighted by molar-refractivity contribution is 0.0735. The van der Waals surface area contributed by atoms with E-state index in [9.17, 15) is 9.90 Å². The number of hydrogen-bond acceptors (Lipinski definition) is 5. The van der Waals surface area contributed by atoms with Gasteiger partial charge in [-0.2, -0.15) is 5.10 Å². The number of nitrogens with zero attached hydrogens (tertiary/aromatic N) is 4. The number of carbonyl (C=O) groups is 1. The summed E-state index contributed by atoms with van der Waals surface area (Å²) in [5.74, 6) is 0.461. The average molecular weight is 352 g/mol.